The van der Waals surface area contributed by atoms with Gasteiger partial charge in [-0.15, -0.1) is 0 Å². The van der Waals surface area contributed by atoms with Crippen molar-refractivity contribution in [2.24, 2.45) is 0 Å². The Morgan fingerprint density at radius 3 is 2.76 bits per heavy atom. The van der Waals surface area contributed by atoms with Crippen LogP contribution in [0, 0.1) is 5.82 Å². The number of nitrogens with one attached hydrogen (secondary N) is 2. The molecule has 0 saturated heterocycles. The van der Waals surface area contributed by atoms with E-state index in [0.717, 1.165) is 35.2 Å². The molecule has 25 heavy (non-hydrogen) atoms. The van der Waals surface area contributed by atoms with Crippen LogP contribution >= 0.6 is 0 Å². The number of aryl methyl sites for hydroxylation is 2. The van der Waals surface area contributed by atoms with Gasteiger partial charge in [-0.05, 0) is 54.2 Å². The van der Waals surface area contributed by atoms with Crippen LogP contribution in [0.3, 0.4) is 0 Å². The second-order valence-corrected chi connectivity index (χ2v) is 6.27. The van der Waals surface area contributed by atoms with Gasteiger partial charge in [-0.2, -0.15) is 0 Å². The molecule has 4 nitrogen and oxygen atoms in total. The zero-order valence-electron chi connectivity index (χ0n) is 14.0. The van der Waals surface area contributed by atoms with E-state index in [0.29, 0.717) is 25.8 Å². The summed E-state index contributed by atoms with van der Waals surface area (Å²) in [7, 11) is 0. The van der Waals surface area contributed by atoms with Crippen LogP contribution in [0.15, 0.2) is 42.5 Å². The average Bonchev–Trinajstić information content (AvgIpc) is 2.60. The summed E-state index contributed by atoms with van der Waals surface area (Å²) >= 11 is 0. The van der Waals surface area contributed by atoms with Gasteiger partial charge in [0.2, 0.25) is 11.8 Å². The number of amides is 2. The molecule has 0 aromatic heterocycles. The Bertz CT molecular complexity index is 789. The van der Waals surface area contributed by atoms with Crippen LogP contribution in [0.25, 0.3) is 0 Å². The number of hydrogen-bond donors (Lipinski definition) is 2. The maximum atomic E-state index is 13.1. The average molecular weight is 340 g/mol. The fourth-order valence-electron chi connectivity index (χ4n) is 2.98. The van der Waals surface area contributed by atoms with Gasteiger partial charge in [0, 0.05) is 25.1 Å². The monoisotopic (exact) mass is 340 g/mol. The minimum atomic E-state index is -0.276. The second-order valence-electron chi connectivity index (χ2n) is 6.27. The van der Waals surface area contributed by atoms with Crippen molar-refractivity contribution < 1.29 is 14.0 Å². The van der Waals surface area contributed by atoms with E-state index in [1.807, 2.05) is 18.2 Å². The maximum Gasteiger partial charge on any atom is 0.224 e. The van der Waals surface area contributed by atoms with Crippen LogP contribution in [0.2, 0.25) is 0 Å². The van der Waals surface area contributed by atoms with Crippen molar-refractivity contribution in [2.45, 2.75) is 32.1 Å². The Labute approximate surface area is 146 Å². The highest BCUT2D eigenvalue weighted by molar-refractivity contribution is 5.93. The number of halogens is 1. The first-order chi connectivity index (χ1) is 12.1. The Kier molecular flexibility index (Phi) is 5.43. The van der Waals surface area contributed by atoms with Crippen molar-refractivity contribution in [1.29, 1.82) is 0 Å². The van der Waals surface area contributed by atoms with Crippen molar-refractivity contribution in [3.8, 4) is 0 Å². The van der Waals surface area contributed by atoms with Crippen LogP contribution in [0.1, 0.15) is 29.5 Å². The molecule has 0 radical (unpaired) electrons. The van der Waals surface area contributed by atoms with E-state index in [1.165, 1.54) is 12.1 Å². The Morgan fingerprint density at radius 2 is 1.92 bits per heavy atom. The highest BCUT2D eigenvalue weighted by Gasteiger charge is 2.14. The quantitative estimate of drug-likeness (QED) is 0.849. The molecule has 0 bridgehead atoms. The number of anilines is 1. The van der Waals surface area contributed by atoms with Crippen molar-refractivity contribution in [2.75, 3.05) is 11.9 Å². The Hall–Kier alpha value is -2.69. The lowest BCUT2D eigenvalue weighted by atomic mass is 9.99. The topological polar surface area (TPSA) is 58.2 Å². The summed E-state index contributed by atoms with van der Waals surface area (Å²) in [5.41, 5.74) is 4.00. The molecular formula is C20H21FN2O2. The molecule has 0 fully saturated rings. The second kappa shape index (κ2) is 7.92. The first-order valence-electron chi connectivity index (χ1n) is 8.53. The molecule has 2 amide bonds. The van der Waals surface area contributed by atoms with Gasteiger partial charge in [0.05, 0.1) is 0 Å². The lowest BCUT2D eigenvalue weighted by Crippen LogP contribution is -2.26. The third-order valence-electron chi connectivity index (χ3n) is 4.33. The van der Waals surface area contributed by atoms with E-state index >= 15 is 0 Å². The zero-order chi connectivity index (χ0) is 17.6. The smallest absolute Gasteiger partial charge is 0.224 e. The van der Waals surface area contributed by atoms with E-state index in [1.54, 1.807) is 6.07 Å². The van der Waals surface area contributed by atoms with Gasteiger partial charge < -0.3 is 10.6 Å². The molecule has 2 aromatic carbocycles. The molecule has 1 heterocycles. The Morgan fingerprint density at radius 1 is 1.08 bits per heavy atom. The van der Waals surface area contributed by atoms with Gasteiger partial charge in [-0.25, -0.2) is 4.39 Å². The van der Waals surface area contributed by atoms with Crippen LogP contribution in [0.4, 0.5) is 10.1 Å². The summed E-state index contributed by atoms with van der Waals surface area (Å²) in [5, 5.41) is 5.76. The standard InChI is InChI=1S/C20H21FN2O2/c21-17-3-1-2-14(13-17)5-8-19(24)22-11-10-15-4-7-18-16(12-15)6-9-20(25)23-18/h1-4,7,12-13H,5-6,8-11H2,(H,22,24)(H,23,25). The highest BCUT2D eigenvalue weighted by atomic mass is 19.1. The first kappa shape index (κ1) is 17.1. The number of rotatable bonds is 6. The predicted octanol–water partition coefficient (Wildman–Crippen LogP) is 3.00. The van der Waals surface area contributed by atoms with Gasteiger partial charge in [0.15, 0.2) is 0 Å². The van der Waals surface area contributed by atoms with Crippen LogP contribution in [0.5, 0.6) is 0 Å². The lowest BCUT2D eigenvalue weighted by molar-refractivity contribution is -0.121. The van der Waals surface area contributed by atoms with Gasteiger partial charge >= 0.3 is 0 Å². The van der Waals surface area contributed by atoms with E-state index in [2.05, 4.69) is 16.7 Å². The Balaban J connectivity index is 1.43. The third kappa shape index (κ3) is 4.89. The van der Waals surface area contributed by atoms with Crippen molar-refractivity contribution in [1.82, 2.24) is 5.32 Å². The molecule has 0 saturated carbocycles. The van der Waals surface area contributed by atoms with E-state index in [9.17, 15) is 14.0 Å². The molecule has 1 aliphatic heterocycles. The summed E-state index contributed by atoms with van der Waals surface area (Å²) in [6.45, 7) is 0.563. The van der Waals surface area contributed by atoms with Crippen LogP contribution in [-0.2, 0) is 28.9 Å². The number of benzene rings is 2. The SMILES string of the molecule is O=C(CCc1cccc(F)c1)NCCc1ccc2c(c1)CCC(=O)N2. The molecule has 130 valence electrons. The van der Waals surface area contributed by atoms with Gasteiger partial charge in [-0.1, -0.05) is 24.3 Å². The van der Waals surface area contributed by atoms with Crippen molar-refractivity contribution >= 4 is 17.5 Å². The molecule has 1 aliphatic rings. The van der Waals surface area contributed by atoms with Gasteiger partial charge in [-0.3, -0.25) is 9.59 Å². The fourth-order valence-corrected chi connectivity index (χ4v) is 2.98. The van der Waals surface area contributed by atoms with Crippen molar-refractivity contribution in [3.05, 3.63) is 65.0 Å². The largest absolute Gasteiger partial charge is 0.356 e. The van der Waals surface area contributed by atoms with E-state index in [-0.39, 0.29) is 17.6 Å². The molecule has 2 aromatic rings. The summed E-state index contributed by atoms with van der Waals surface area (Å²) < 4.78 is 13.1. The lowest BCUT2D eigenvalue weighted by Gasteiger charge is -2.17. The summed E-state index contributed by atoms with van der Waals surface area (Å²) in [5.74, 6) is -0.248. The molecule has 0 aliphatic carbocycles. The van der Waals surface area contributed by atoms with Crippen LogP contribution in [-0.4, -0.2) is 18.4 Å². The van der Waals surface area contributed by atoms with E-state index < -0.39 is 0 Å². The fraction of sp³-hybridized carbons (Fsp3) is 0.300. The molecule has 3 rings (SSSR count). The maximum absolute atomic E-state index is 13.1. The summed E-state index contributed by atoms with van der Waals surface area (Å²) in [6, 6.07) is 12.3. The number of fused-ring (bicyclic) bond motifs is 1. The van der Waals surface area contributed by atoms with E-state index in [4.69, 9.17) is 0 Å². The third-order valence-corrected chi connectivity index (χ3v) is 4.33. The van der Waals surface area contributed by atoms with Crippen LogP contribution < -0.4 is 10.6 Å². The zero-order valence-corrected chi connectivity index (χ0v) is 14.0. The molecule has 5 heteroatoms. The number of hydrogen-bond acceptors (Lipinski definition) is 2. The summed E-state index contributed by atoms with van der Waals surface area (Å²) in [6.07, 6.45) is 2.90. The molecule has 0 spiro atoms. The normalized spacial score (nSPS) is 13.1. The minimum Gasteiger partial charge on any atom is -0.356 e. The molecule has 0 atom stereocenters. The molecule has 0 unspecified atom stereocenters. The van der Waals surface area contributed by atoms with Gasteiger partial charge in [0.25, 0.3) is 0 Å². The summed E-state index contributed by atoms with van der Waals surface area (Å²) in [4.78, 5) is 23.3. The number of carbonyl (C=O) groups excluding carboxylic acids is 2. The highest BCUT2D eigenvalue weighted by Crippen LogP contribution is 2.23. The van der Waals surface area contributed by atoms with Gasteiger partial charge in [0.1, 0.15) is 5.82 Å². The van der Waals surface area contributed by atoms with Crippen molar-refractivity contribution in [3.63, 3.8) is 0 Å². The molecule has 2 N–H and O–H groups in total. The molecular weight excluding hydrogens is 319 g/mol. The minimum absolute atomic E-state index is 0.0329. The first-order valence-corrected chi connectivity index (χ1v) is 8.53. The number of carbonyl (C=O) groups is 2. The predicted molar refractivity (Wildman–Crippen MR) is 94.8 cm³/mol.